The van der Waals surface area contributed by atoms with Gasteiger partial charge in [0.1, 0.15) is 5.92 Å². The first-order valence-corrected chi connectivity index (χ1v) is 10.8. The number of nitrogens with zero attached hydrogens (tertiary/aromatic N) is 1. The molecular formula is C26H29NO3. The molecule has 1 heterocycles. The molecule has 0 aromatic heterocycles. The zero-order chi connectivity index (χ0) is 21.5. The van der Waals surface area contributed by atoms with Gasteiger partial charge in [-0.05, 0) is 41.5 Å². The molecule has 0 spiro atoms. The highest BCUT2D eigenvalue weighted by Gasteiger charge is 2.46. The highest BCUT2D eigenvalue weighted by molar-refractivity contribution is 6.10. The Hall–Kier alpha value is -2.75. The molecule has 30 heavy (non-hydrogen) atoms. The molecule has 0 saturated carbocycles. The number of ether oxygens (including phenoxy) is 1. The summed E-state index contributed by atoms with van der Waals surface area (Å²) in [4.78, 5) is 31.3. The molecule has 0 radical (unpaired) electrons. The average molecular weight is 404 g/mol. The lowest BCUT2D eigenvalue weighted by Gasteiger charge is -2.39. The molecule has 0 fully saturated rings. The maximum atomic E-state index is 13.4. The smallest absolute Gasteiger partial charge is 0.315 e. The number of hydrogen-bond acceptors (Lipinski definition) is 4. The number of allylic oxidation sites excluding steroid dienone is 2. The van der Waals surface area contributed by atoms with Crippen LogP contribution >= 0.6 is 0 Å². The molecule has 2 atom stereocenters. The van der Waals surface area contributed by atoms with Gasteiger partial charge in [-0.25, -0.2) is 0 Å². The molecule has 1 unspecified atom stereocenters. The second-order valence-electron chi connectivity index (χ2n) is 9.25. The minimum absolute atomic E-state index is 0.101. The van der Waals surface area contributed by atoms with Gasteiger partial charge in [-0.2, -0.15) is 0 Å². The second kappa shape index (κ2) is 7.82. The molecule has 0 amide bonds. The van der Waals surface area contributed by atoms with Gasteiger partial charge < -0.3 is 4.74 Å². The van der Waals surface area contributed by atoms with E-state index in [9.17, 15) is 9.59 Å². The first-order chi connectivity index (χ1) is 14.3. The van der Waals surface area contributed by atoms with Gasteiger partial charge in [0, 0.05) is 29.3 Å². The number of esters is 1. The van der Waals surface area contributed by atoms with Gasteiger partial charge in [0.05, 0.1) is 6.61 Å². The first kappa shape index (κ1) is 20.5. The summed E-state index contributed by atoms with van der Waals surface area (Å²) in [7, 11) is 0. The molecule has 2 aliphatic rings. The summed E-state index contributed by atoms with van der Waals surface area (Å²) in [5, 5.41) is 2.17. The molecule has 0 N–H and O–H groups in total. The van der Waals surface area contributed by atoms with Crippen molar-refractivity contribution in [1.82, 2.24) is 0 Å². The van der Waals surface area contributed by atoms with Gasteiger partial charge in [-0.1, -0.05) is 63.2 Å². The quantitative estimate of drug-likeness (QED) is 0.624. The van der Waals surface area contributed by atoms with Gasteiger partial charge in [0.2, 0.25) is 0 Å². The normalized spacial score (nSPS) is 23.2. The van der Waals surface area contributed by atoms with E-state index in [1.807, 2.05) is 38.1 Å². The molecule has 4 nitrogen and oxygen atoms in total. The summed E-state index contributed by atoms with van der Waals surface area (Å²) in [6.45, 7) is 8.45. The standard InChI is InChI=1S/C26H29NO3/c1-5-13-30-25(29)22-16(2)27-20-14-26(3,4)15-21(28)24(20)23(22)19-12-8-10-17-9-6-7-11-18(17)19/h6-12,22-23H,5,13-15H2,1-4H3/t22?,23-/m1/s1. The highest BCUT2D eigenvalue weighted by Crippen LogP contribution is 2.49. The highest BCUT2D eigenvalue weighted by atomic mass is 16.5. The van der Waals surface area contributed by atoms with Crippen LogP contribution in [-0.4, -0.2) is 24.1 Å². The van der Waals surface area contributed by atoms with Crippen LogP contribution in [0.1, 0.15) is 58.4 Å². The fourth-order valence-electron chi connectivity index (χ4n) is 4.90. The zero-order valence-corrected chi connectivity index (χ0v) is 18.2. The van der Waals surface area contributed by atoms with Gasteiger partial charge >= 0.3 is 5.97 Å². The Morgan fingerprint density at radius 3 is 2.63 bits per heavy atom. The number of hydrogen-bond donors (Lipinski definition) is 0. The zero-order valence-electron chi connectivity index (χ0n) is 18.2. The molecule has 0 saturated heterocycles. The number of ketones is 1. The lowest BCUT2D eigenvalue weighted by molar-refractivity contribution is -0.146. The van der Waals surface area contributed by atoms with Crippen molar-refractivity contribution in [3.8, 4) is 0 Å². The molecule has 156 valence electrons. The van der Waals surface area contributed by atoms with Gasteiger partial charge in [0.15, 0.2) is 5.78 Å². The van der Waals surface area contributed by atoms with Crippen LogP contribution in [0.2, 0.25) is 0 Å². The number of carbonyl (C=O) groups excluding carboxylic acids is 2. The van der Waals surface area contributed by atoms with Crippen LogP contribution in [0.15, 0.2) is 58.7 Å². The molecule has 1 aliphatic heterocycles. The van der Waals surface area contributed by atoms with E-state index >= 15 is 0 Å². The topological polar surface area (TPSA) is 55.7 Å². The number of carbonyl (C=O) groups is 2. The summed E-state index contributed by atoms with van der Waals surface area (Å²) >= 11 is 0. The Balaban J connectivity index is 1.93. The van der Waals surface area contributed by atoms with E-state index in [4.69, 9.17) is 9.73 Å². The van der Waals surface area contributed by atoms with E-state index in [1.165, 1.54) is 0 Å². The third-order valence-electron chi connectivity index (χ3n) is 6.16. The predicted molar refractivity (Wildman–Crippen MR) is 120 cm³/mol. The van der Waals surface area contributed by atoms with Crippen molar-refractivity contribution in [1.29, 1.82) is 0 Å². The summed E-state index contributed by atoms with van der Waals surface area (Å²) in [6.07, 6.45) is 1.97. The van der Waals surface area contributed by atoms with Gasteiger partial charge in [0.25, 0.3) is 0 Å². The first-order valence-electron chi connectivity index (χ1n) is 10.8. The average Bonchev–Trinajstić information content (AvgIpc) is 2.69. The molecule has 0 bridgehead atoms. The van der Waals surface area contributed by atoms with Crippen molar-refractivity contribution in [3.05, 3.63) is 59.3 Å². The SMILES string of the molecule is CCCOC(=O)C1C(C)=NC2=C(C(=O)CC(C)(C)C2)[C@@H]1c1cccc2ccccc12. The molecule has 2 aromatic rings. The number of benzene rings is 2. The molecular weight excluding hydrogens is 374 g/mol. The minimum atomic E-state index is -0.578. The van der Waals surface area contributed by atoms with E-state index in [2.05, 4.69) is 32.0 Å². The molecule has 4 heteroatoms. The fraction of sp³-hybridized carbons (Fsp3) is 0.423. The van der Waals surface area contributed by atoms with Crippen molar-refractivity contribution in [2.45, 2.75) is 52.9 Å². The molecule has 2 aromatic carbocycles. The molecule has 1 aliphatic carbocycles. The van der Waals surface area contributed by atoms with Gasteiger partial charge in [-0.15, -0.1) is 0 Å². The van der Waals surface area contributed by atoms with Gasteiger partial charge in [-0.3, -0.25) is 14.6 Å². The van der Waals surface area contributed by atoms with Crippen molar-refractivity contribution >= 4 is 28.2 Å². The molecule has 4 rings (SSSR count). The fourth-order valence-corrected chi connectivity index (χ4v) is 4.90. The van der Waals surface area contributed by atoms with Crippen LogP contribution in [0, 0.1) is 11.3 Å². The number of aliphatic imine (C=N–C) groups is 1. The van der Waals surface area contributed by atoms with Crippen LogP contribution in [-0.2, 0) is 14.3 Å². The third-order valence-corrected chi connectivity index (χ3v) is 6.16. The summed E-state index contributed by atoms with van der Waals surface area (Å²) in [5.41, 5.74) is 3.15. The summed E-state index contributed by atoms with van der Waals surface area (Å²) in [6, 6.07) is 14.3. The van der Waals surface area contributed by atoms with Crippen LogP contribution < -0.4 is 0 Å². The van der Waals surface area contributed by atoms with E-state index in [1.54, 1.807) is 0 Å². The predicted octanol–water partition coefficient (Wildman–Crippen LogP) is 5.61. The minimum Gasteiger partial charge on any atom is -0.465 e. The van der Waals surface area contributed by atoms with Crippen molar-refractivity contribution in [2.24, 2.45) is 16.3 Å². The van der Waals surface area contributed by atoms with Crippen LogP contribution in [0.4, 0.5) is 0 Å². The van der Waals surface area contributed by atoms with Crippen molar-refractivity contribution < 1.29 is 14.3 Å². The number of Topliss-reactive ketones (excluding diaryl/α,β-unsaturated/α-hetero) is 1. The van der Waals surface area contributed by atoms with E-state index in [-0.39, 0.29) is 23.1 Å². The Labute approximate surface area is 178 Å². The second-order valence-corrected chi connectivity index (χ2v) is 9.25. The monoisotopic (exact) mass is 403 g/mol. The lowest BCUT2D eigenvalue weighted by atomic mass is 9.66. The Kier molecular flexibility index (Phi) is 5.35. The third kappa shape index (κ3) is 3.60. The Bertz CT molecular complexity index is 1070. The maximum Gasteiger partial charge on any atom is 0.315 e. The number of fused-ring (bicyclic) bond motifs is 1. The van der Waals surface area contributed by atoms with Crippen molar-refractivity contribution in [2.75, 3.05) is 6.61 Å². The Morgan fingerprint density at radius 1 is 1.13 bits per heavy atom. The largest absolute Gasteiger partial charge is 0.465 e. The summed E-state index contributed by atoms with van der Waals surface area (Å²) < 4.78 is 5.57. The van der Waals surface area contributed by atoms with Crippen LogP contribution in [0.5, 0.6) is 0 Å². The van der Waals surface area contributed by atoms with Crippen LogP contribution in [0.25, 0.3) is 10.8 Å². The van der Waals surface area contributed by atoms with E-state index in [0.29, 0.717) is 18.6 Å². The Morgan fingerprint density at radius 2 is 1.87 bits per heavy atom. The van der Waals surface area contributed by atoms with E-state index in [0.717, 1.165) is 40.6 Å². The lowest BCUT2D eigenvalue weighted by Crippen LogP contribution is -2.39. The van der Waals surface area contributed by atoms with Crippen LogP contribution in [0.3, 0.4) is 0 Å². The summed E-state index contributed by atoms with van der Waals surface area (Å²) in [5.74, 6) is -1.13. The van der Waals surface area contributed by atoms with Crippen molar-refractivity contribution in [3.63, 3.8) is 0 Å². The number of rotatable bonds is 4. The van der Waals surface area contributed by atoms with E-state index < -0.39 is 5.92 Å². The maximum absolute atomic E-state index is 13.4.